The first-order valence-electron chi connectivity index (χ1n) is 6.87. The van der Waals surface area contributed by atoms with E-state index in [9.17, 15) is 5.11 Å². The molecule has 0 fully saturated rings. The smallest absolute Gasteiger partial charge is 0.121 e. The Labute approximate surface area is 119 Å². The van der Waals surface area contributed by atoms with Crippen LogP contribution in [0.5, 0.6) is 5.75 Å². The van der Waals surface area contributed by atoms with E-state index in [0.29, 0.717) is 5.75 Å². The molecule has 0 unspecified atom stereocenters. The first kappa shape index (κ1) is 12.8. The summed E-state index contributed by atoms with van der Waals surface area (Å²) in [7, 11) is 0. The minimum Gasteiger partial charge on any atom is -0.507 e. The number of phenols is 1. The predicted molar refractivity (Wildman–Crippen MR) is 84.3 cm³/mol. The van der Waals surface area contributed by atoms with Crippen LogP contribution in [-0.4, -0.2) is 10.1 Å². The molecule has 102 valence electrons. The molecule has 0 aliphatic rings. The monoisotopic (exact) mass is 265 g/mol. The fraction of sp³-hybridized carbons (Fsp3) is 0.222. The Balaban J connectivity index is 2.27. The number of H-pyrrole nitrogens is 1. The molecule has 3 aromatic rings. The molecule has 0 bridgehead atoms. The van der Waals surface area contributed by atoms with Gasteiger partial charge in [0.2, 0.25) is 0 Å². The first-order valence-corrected chi connectivity index (χ1v) is 6.87. The quantitative estimate of drug-likeness (QED) is 0.653. The number of benzene rings is 2. The summed E-state index contributed by atoms with van der Waals surface area (Å²) in [6, 6.07) is 10.5. The van der Waals surface area contributed by atoms with Gasteiger partial charge >= 0.3 is 0 Å². The van der Waals surface area contributed by atoms with Gasteiger partial charge < -0.3 is 10.1 Å². The highest BCUT2D eigenvalue weighted by atomic mass is 16.3. The number of hydrogen-bond donors (Lipinski definition) is 2. The third-order valence-electron chi connectivity index (χ3n) is 3.99. The lowest BCUT2D eigenvalue weighted by atomic mass is 10.0. The van der Waals surface area contributed by atoms with Crippen LogP contribution in [0.3, 0.4) is 0 Å². The Morgan fingerprint density at radius 3 is 2.20 bits per heavy atom. The van der Waals surface area contributed by atoms with Crippen molar-refractivity contribution in [2.24, 2.45) is 0 Å². The van der Waals surface area contributed by atoms with Gasteiger partial charge in [-0.25, -0.2) is 0 Å². The molecule has 0 amide bonds. The van der Waals surface area contributed by atoms with Crippen LogP contribution in [0.15, 0.2) is 30.3 Å². The standard InChI is InChI=1S/C18H19NO/c1-10-5-6-16-15(7-10)13(4)17(19-16)14-8-11(2)18(20)12(3)9-14/h5-9,19-20H,1-4H3. The Bertz CT molecular complexity index is 789. The van der Waals surface area contributed by atoms with E-state index in [1.807, 2.05) is 26.0 Å². The number of fused-ring (bicyclic) bond motifs is 1. The fourth-order valence-corrected chi connectivity index (χ4v) is 2.83. The van der Waals surface area contributed by atoms with E-state index < -0.39 is 0 Å². The van der Waals surface area contributed by atoms with Gasteiger partial charge in [-0.3, -0.25) is 0 Å². The Kier molecular flexibility index (Phi) is 2.82. The van der Waals surface area contributed by atoms with Gasteiger partial charge in [0, 0.05) is 16.6 Å². The summed E-state index contributed by atoms with van der Waals surface area (Å²) in [5.74, 6) is 0.387. The van der Waals surface area contributed by atoms with Gasteiger partial charge in [-0.05, 0) is 74.2 Å². The molecule has 0 spiro atoms. The van der Waals surface area contributed by atoms with E-state index in [0.717, 1.165) is 27.9 Å². The second kappa shape index (κ2) is 4.41. The average molecular weight is 265 g/mol. The molecule has 3 rings (SSSR count). The number of phenolic OH excluding ortho intramolecular Hbond substituents is 1. The van der Waals surface area contributed by atoms with Gasteiger partial charge in [-0.1, -0.05) is 11.6 Å². The summed E-state index contributed by atoms with van der Waals surface area (Å²) >= 11 is 0. The maximum atomic E-state index is 9.91. The van der Waals surface area contributed by atoms with Crippen LogP contribution >= 0.6 is 0 Å². The van der Waals surface area contributed by atoms with Crippen molar-refractivity contribution in [3.8, 4) is 17.0 Å². The minimum atomic E-state index is 0.387. The molecule has 0 radical (unpaired) electrons. The van der Waals surface area contributed by atoms with E-state index in [1.165, 1.54) is 16.5 Å². The van der Waals surface area contributed by atoms with Crippen molar-refractivity contribution in [3.63, 3.8) is 0 Å². The van der Waals surface area contributed by atoms with Crippen molar-refractivity contribution in [3.05, 3.63) is 52.6 Å². The normalized spacial score (nSPS) is 11.2. The number of aromatic hydroxyl groups is 1. The first-order chi connectivity index (χ1) is 9.47. The highest BCUT2D eigenvalue weighted by Crippen LogP contribution is 2.33. The zero-order valence-corrected chi connectivity index (χ0v) is 12.3. The summed E-state index contributed by atoms with van der Waals surface area (Å²) in [6.07, 6.45) is 0. The minimum absolute atomic E-state index is 0.387. The molecule has 2 nitrogen and oxygen atoms in total. The Hall–Kier alpha value is -2.22. The molecule has 0 atom stereocenters. The third kappa shape index (κ3) is 1.88. The Morgan fingerprint density at radius 2 is 1.55 bits per heavy atom. The largest absolute Gasteiger partial charge is 0.507 e. The average Bonchev–Trinajstić information content (AvgIpc) is 2.73. The molecule has 1 aromatic heterocycles. The highest BCUT2D eigenvalue weighted by Gasteiger charge is 2.12. The van der Waals surface area contributed by atoms with Gasteiger partial charge in [-0.15, -0.1) is 0 Å². The van der Waals surface area contributed by atoms with Crippen LogP contribution in [0.1, 0.15) is 22.3 Å². The molecular formula is C18H19NO. The van der Waals surface area contributed by atoms with Crippen molar-refractivity contribution in [2.75, 3.05) is 0 Å². The van der Waals surface area contributed by atoms with E-state index in [-0.39, 0.29) is 0 Å². The summed E-state index contributed by atoms with van der Waals surface area (Å²) in [4.78, 5) is 3.50. The molecule has 2 aromatic carbocycles. The van der Waals surface area contributed by atoms with Crippen molar-refractivity contribution in [2.45, 2.75) is 27.7 Å². The maximum absolute atomic E-state index is 9.91. The molecule has 2 N–H and O–H groups in total. The van der Waals surface area contributed by atoms with Crippen molar-refractivity contribution in [1.29, 1.82) is 0 Å². The van der Waals surface area contributed by atoms with Crippen molar-refractivity contribution < 1.29 is 5.11 Å². The van der Waals surface area contributed by atoms with Gasteiger partial charge in [0.25, 0.3) is 0 Å². The summed E-state index contributed by atoms with van der Waals surface area (Å²) in [5.41, 5.74) is 7.77. The van der Waals surface area contributed by atoms with Crippen molar-refractivity contribution >= 4 is 10.9 Å². The molecule has 20 heavy (non-hydrogen) atoms. The maximum Gasteiger partial charge on any atom is 0.121 e. The number of rotatable bonds is 1. The van der Waals surface area contributed by atoms with E-state index in [1.54, 1.807) is 0 Å². The lowest BCUT2D eigenvalue weighted by Gasteiger charge is -2.07. The number of aryl methyl sites for hydroxylation is 4. The van der Waals surface area contributed by atoms with Gasteiger partial charge in [0.15, 0.2) is 0 Å². The SMILES string of the molecule is Cc1ccc2[nH]c(-c3cc(C)c(O)c(C)c3)c(C)c2c1. The highest BCUT2D eigenvalue weighted by molar-refractivity contribution is 5.91. The van der Waals surface area contributed by atoms with Crippen LogP contribution in [0.2, 0.25) is 0 Å². The molecule has 1 heterocycles. The zero-order chi connectivity index (χ0) is 14.4. The van der Waals surface area contributed by atoms with Crippen LogP contribution in [-0.2, 0) is 0 Å². The van der Waals surface area contributed by atoms with Gasteiger partial charge in [0.1, 0.15) is 5.75 Å². The van der Waals surface area contributed by atoms with E-state index in [2.05, 4.69) is 37.0 Å². The van der Waals surface area contributed by atoms with Crippen LogP contribution in [0.4, 0.5) is 0 Å². The molecule has 0 aliphatic carbocycles. The molecule has 0 saturated heterocycles. The molecule has 2 heteroatoms. The molecule has 0 saturated carbocycles. The van der Waals surface area contributed by atoms with Gasteiger partial charge in [-0.2, -0.15) is 0 Å². The van der Waals surface area contributed by atoms with Crippen molar-refractivity contribution in [1.82, 2.24) is 4.98 Å². The van der Waals surface area contributed by atoms with Crippen LogP contribution < -0.4 is 0 Å². The summed E-state index contributed by atoms with van der Waals surface area (Å²) in [5, 5.41) is 11.2. The topological polar surface area (TPSA) is 36.0 Å². The van der Waals surface area contributed by atoms with Crippen LogP contribution in [0.25, 0.3) is 22.2 Å². The molecular weight excluding hydrogens is 246 g/mol. The number of aromatic nitrogens is 1. The second-order valence-corrected chi connectivity index (χ2v) is 5.63. The van der Waals surface area contributed by atoms with E-state index >= 15 is 0 Å². The second-order valence-electron chi connectivity index (χ2n) is 5.63. The predicted octanol–water partition coefficient (Wildman–Crippen LogP) is 4.77. The fourth-order valence-electron chi connectivity index (χ4n) is 2.83. The number of nitrogens with one attached hydrogen (secondary N) is 1. The summed E-state index contributed by atoms with van der Waals surface area (Å²) in [6.45, 7) is 8.13. The molecule has 0 aliphatic heterocycles. The lowest BCUT2D eigenvalue weighted by molar-refractivity contribution is 0.467. The number of aromatic amines is 1. The number of hydrogen-bond acceptors (Lipinski definition) is 1. The Morgan fingerprint density at radius 1 is 0.900 bits per heavy atom. The van der Waals surface area contributed by atoms with Gasteiger partial charge in [0.05, 0.1) is 0 Å². The lowest BCUT2D eigenvalue weighted by Crippen LogP contribution is -1.86. The van der Waals surface area contributed by atoms with Crippen LogP contribution in [0, 0.1) is 27.7 Å². The summed E-state index contributed by atoms with van der Waals surface area (Å²) < 4.78 is 0. The van der Waals surface area contributed by atoms with E-state index in [4.69, 9.17) is 0 Å². The zero-order valence-electron chi connectivity index (χ0n) is 12.3. The third-order valence-corrected chi connectivity index (χ3v) is 3.99.